The van der Waals surface area contributed by atoms with E-state index in [0.717, 1.165) is 16.8 Å². The molecule has 0 radical (unpaired) electrons. The number of thiocarbonyl (C=S) groups is 1. The van der Waals surface area contributed by atoms with E-state index >= 15 is 0 Å². The van der Waals surface area contributed by atoms with E-state index in [1.165, 1.54) is 11.6 Å². The van der Waals surface area contributed by atoms with Crippen LogP contribution in [0.4, 0.5) is 5.69 Å². The van der Waals surface area contributed by atoms with Crippen molar-refractivity contribution < 1.29 is 4.79 Å². The van der Waals surface area contributed by atoms with Gasteiger partial charge in [0.2, 0.25) is 5.91 Å². The molecule has 23 heavy (non-hydrogen) atoms. The van der Waals surface area contributed by atoms with Gasteiger partial charge in [-0.3, -0.25) is 10.1 Å². The number of aryl methyl sites for hydroxylation is 2. The zero-order valence-corrected chi connectivity index (χ0v) is 14.5. The predicted octanol–water partition coefficient (Wildman–Crippen LogP) is 4.48. The van der Waals surface area contributed by atoms with Crippen LogP contribution in [0.1, 0.15) is 16.7 Å². The summed E-state index contributed by atoms with van der Waals surface area (Å²) in [5.74, 6) is -0.290. The third-order valence-electron chi connectivity index (χ3n) is 3.16. The molecule has 0 aliphatic rings. The average Bonchev–Trinajstić information content (AvgIpc) is 2.49. The number of rotatable bonds is 3. The molecule has 0 atom stereocenters. The van der Waals surface area contributed by atoms with Crippen LogP contribution in [0.15, 0.2) is 48.5 Å². The van der Waals surface area contributed by atoms with Crippen molar-refractivity contribution >= 4 is 46.6 Å². The van der Waals surface area contributed by atoms with Crippen LogP contribution in [-0.4, -0.2) is 11.0 Å². The van der Waals surface area contributed by atoms with Gasteiger partial charge in [0.15, 0.2) is 5.11 Å². The van der Waals surface area contributed by atoms with E-state index in [0.29, 0.717) is 5.02 Å². The van der Waals surface area contributed by atoms with Crippen molar-refractivity contribution in [2.75, 3.05) is 5.32 Å². The van der Waals surface area contributed by atoms with Crippen molar-refractivity contribution in [1.82, 2.24) is 5.32 Å². The molecule has 2 aromatic rings. The summed E-state index contributed by atoms with van der Waals surface area (Å²) in [6.45, 7) is 4.01. The zero-order valence-electron chi connectivity index (χ0n) is 12.9. The summed E-state index contributed by atoms with van der Waals surface area (Å²) in [5.41, 5.74) is 4.01. The van der Waals surface area contributed by atoms with Crippen LogP contribution >= 0.6 is 23.8 Å². The summed E-state index contributed by atoms with van der Waals surface area (Å²) in [7, 11) is 0. The first-order valence-corrected chi connectivity index (χ1v) is 7.85. The average molecular weight is 345 g/mol. The Morgan fingerprint density at radius 1 is 1.13 bits per heavy atom. The molecule has 0 unspecified atom stereocenters. The number of carbonyl (C=O) groups is 1. The Labute approximate surface area is 146 Å². The fourth-order valence-corrected chi connectivity index (χ4v) is 2.34. The van der Waals surface area contributed by atoms with Crippen LogP contribution in [-0.2, 0) is 4.79 Å². The maximum Gasteiger partial charge on any atom is 0.250 e. The van der Waals surface area contributed by atoms with Crippen LogP contribution < -0.4 is 10.6 Å². The number of amides is 1. The number of nitrogens with one attached hydrogen (secondary N) is 2. The number of hydrogen-bond donors (Lipinski definition) is 2. The maximum atomic E-state index is 11.9. The molecule has 0 saturated carbocycles. The van der Waals surface area contributed by atoms with Gasteiger partial charge in [-0.15, -0.1) is 0 Å². The van der Waals surface area contributed by atoms with Gasteiger partial charge in [0.25, 0.3) is 0 Å². The summed E-state index contributed by atoms with van der Waals surface area (Å²) < 4.78 is 0. The van der Waals surface area contributed by atoms with Gasteiger partial charge >= 0.3 is 0 Å². The third-order valence-corrected chi connectivity index (χ3v) is 3.62. The van der Waals surface area contributed by atoms with Crippen molar-refractivity contribution in [2.45, 2.75) is 13.8 Å². The van der Waals surface area contributed by atoms with Gasteiger partial charge < -0.3 is 5.32 Å². The van der Waals surface area contributed by atoms with E-state index in [4.69, 9.17) is 23.8 Å². The van der Waals surface area contributed by atoms with E-state index in [1.807, 2.05) is 44.2 Å². The molecule has 3 nitrogen and oxygen atoms in total. The first-order chi connectivity index (χ1) is 10.9. The fraction of sp³-hybridized carbons (Fsp3) is 0.111. The lowest BCUT2D eigenvalue weighted by Gasteiger charge is -2.11. The number of anilines is 1. The van der Waals surface area contributed by atoms with E-state index in [2.05, 4.69) is 10.6 Å². The molecule has 0 aliphatic heterocycles. The minimum absolute atomic E-state index is 0.266. The largest absolute Gasteiger partial charge is 0.332 e. The second-order valence-corrected chi connectivity index (χ2v) is 5.99. The monoisotopic (exact) mass is 344 g/mol. The Kier molecular flexibility index (Phi) is 5.90. The van der Waals surface area contributed by atoms with Gasteiger partial charge in [0, 0.05) is 16.8 Å². The van der Waals surface area contributed by atoms with Gasteiger partial charge in [0.1, 0.15) is 0 Å². The lowest BCUT2D eigenvalue weighted by Crippen LogP contribution is -2.33. The van der Waals surface area contributed by atoms with Gasteiger partial charge in [-0.2, -0.15) is 0 Å². The quantitative estimate of drug-likeness (QED) is 0.637. The standard InChI is InChI=1S/C18H17ClN2OS/c1-12-3-9-16(13(2)11-12)20-18(23)21-17(22)10-6-14-4-7-15(19)8-5-14/h3-11H,1-2H3,(H2,20,21,22,23)/b10-6+. The molecule has 1 amide bonds. The highest BCUT2D eigenvalue weighted by atomic mass is 35.5. The van der Waals surface area contributed by atoms with Gasteiger partial charge in [-0.05, 0) is 61.5 Å². The predicted molar refractivity (Wildman–Crippen MR) is 101 cm³/mol. The summed E-state index contributed by atoms with van der Waals surface area (Å²) in [6.07, 6.45) is 3.13. The molecule has 0 fully saturated rings. The molecule has 0 aliphatic carbocycles. The van der Waals surface area contributed by atoms with Crippen molar-refractivity contribution in [3.05, 3.63) is 70.3 Å². The van der Waals surface area contributed by atoms with Crippen LogP contribution in [0.25, 0.3) is 6.08 Å². The number of halogens is 1. The Hall–Kier alpha value is -2.17. The Morgan fingerprint density at radius 3 is 2.48 bits per heavy atom. The van der Waals surface area contributed by atoms with Crippen molar-refractivity contribution in [3.8, 4) is 0 Å². The molecule has 2 N–H and O–H groups in total. The summed E-state index contributed by atoms with van der Waals surface area (Å²) in [4.78, 5) is 11.9. The smallest absolute Gasteiger partial charge is 0.250 e. The number of carbonyl (C=O) groups excluding carboxylic acids is 1. The third kappa shape index (κ3) is 5.51. The highest BCUT2D eigenvalue weighted by molar-refractivity contribution is 7.80. The molecular formula is C18H17ClN2OS. The lowest BCUT2D eigenvalue weighted by molar-refractivity contribution is -0.115. The van der Waals surface area contributed by atoms with E-state index in [-0.39, 0.29) is 11.0 Å². The number of hydrogen-bond acceptors (Lipinski definition) is 2. The fourth-order valence-electron chi connectivity index (χ4n) is 2.01. The van der Waals surface area contributed by atoms with Gasteiger partial charge in [-0.1, -0.05) is 41.4 Å². The SMILES string of the molecule is Cc1ccc(NC(=S)NC(=O)/C=C/c2ccc(Cl)cc2)c(C)c1. The molecule has 5 heteroatoms. The molecule has 0 saturated heterocycles. The van der Waals surface area contributed by atoms with Crippen molar-refractivity contribution in [2.24, 2.45) is 0 Å². The highest BCUT2D eigenvalue weighted by Crippen LogP contribution is 2.15. The van der Waals surface area contributed by atoms with Crippen LogP contribution in [0, 0.1) is 13.8 Å². The molecule has 2 rings (SSSR count). The number of benzene rings is 2. The Balaban J connectivity index is 1.91. The topological polar surface area (TPSA) is 41.1 Å². The first kappa shape index (κ1) is 17.2. The minimum atomic E-state index is -0.290. The molecule has 0 aromatic heterocycles. The highest BCUT2D eigenvalue weighted by Gasteiger charge is 2.04. The molecule has 2 aromatic carbocycles. The minimum Gasteiger partial charge on any atom is -0.332 e. The Bertz CT molecular complexity index is 754. The summed E-state index contributed by atoms with van der Waals surface area (Å²) in [6, 6.07) is 13.2. The summed E-state index contributed by atoms with van der Waals surface area (Å²) >= 11 is 11.0. The second-order valence-electron chi connectivity index (χ2n) is 5.15. The van der Waals surface area contributed by atoms with Gasteiger partial charge in [0.05, 0.1) is 0 Å². The summed E-state index contributed by atoms with van der Waals surface area (Å²) in [5, 5.41) is 6.57. The zero-order chi connectivity index (χ0) is 16.8. The van der Waals surface area contributed by atoms with Crippen molar-refractivity contribution in [1.29, 1.82) is 0 Å². The molecule has 0 spiro atoms. The first-order valence-electron chi connectivity index (χ1n) is 7.07. The van der Waals surface area contributed by atoms with Crippen molar-refractivity contribution in [3.63, 3.8) is 0 Å². The molecule has 0 heterocycles. The van der Waals surface area contributed by atoms with E-state index in [9.17, 15) is 4.79 Å². The van der Waals surface area contributed by atoms with Crippen LogP contribution in [0.5, 0.6) is 0 Å². The molecular weight excluding hydrogens is 328 g/mol. The van der Waals surface area contributed by atoms with Crippen LogP contribution in [0.3, 0.4) is 0 Å². The second kappa shape index (κ2) is 7.90. The molecule has 118 valence electrons. The lowest BCUT2D eigenvalue weighted by atomic mass is 10.1. The van der Waals surface area contributed by atoms with E-state index < -0.39 is 0 Å². The molecule has 0 bridgehead atoms. The Morgan fingerprint density at radius 2 is 1.83 bits per heavy atom. The van der Waals surface area contributed by atoms with Gasteiger partial charge in [-0.25, -0.2) is 0 Å². The van der Waals surface area contributed by atoms with E-state index in [1.54, 1.807) is 18.2 Å². The normalized spacial score (nSPS) is 10.6. The van der Waals surface area contributed by atoms with Crippen LogP contribution in [0.2, 0.25) is 5.02 Å². The maximum absolute atomic E-state index is 11.9.